The first kappa shape index (κ1) is 16.1. The largest absolute Gasteiger partial charge is 0.349 e. The van der Waals surface area contributed by atoms with Gasteiger partial charge in [0.15, 0.2) is 11.5 Å². The molecule has 2 aliphatic heterocycles. The molecule has 138 valence electrons. The third-order valence-electron chi connectivity index (χ3n) is 6.18. The van der Waals surface area contributed by atoms with Gasteiger partial charge in [0.25, 0.3) is 5.91 Å². The van der Waals surface area contributed by atoms with Gasteiger partial charge in [-0.3, -0.25) is 4.79 Å². The molecule has 4 heterocycles. The Hall–Kier alpha value is -2.15. The van der Waals surface area contributed by atoms with Gasteiger partial charge >= 0.3 is 0 Å². The van der Waals surface area contributed by atoms with Gasteiger partial charge in [0, 0.05) is 49.7 Å². The number of hydrogen-bond donors (Lipinski definition) is 1. The number of likely N-dealkylation sites (tertiary alicyclic amines) is 1. The Bertz CT molecular complexity index is 813. The van der Waals surface area contributed by atoms with E-state index in [0.29, 0.717) is 23.7 Å². The molecule has 1 N–H and O–H groups in total. The fourth-order valence-corrected chi connectivity index (χ4v) is 4.93. The molecule has 0 aromatic carbocycles. The highest BCUT2D eigenvalue weighted by Crippen LogP contribution is 2.34. The molecule has 2 atom stereocenters. The van der Waals surface area contributed by atoms with E-state index in [4.69, 9.17) is 5.10 Å². The fourth-order valence-electron chi connectivity index (χ4n) is 4.93. The number of carbonyl (C=O) groups excluding carboxylic acids is 1. The van der Waals surface area contributed by atoms with Crippen molar-refractivity contribution in [2.24, 2.45) is 0 Å². The monoisotopic (exact) mass is 354 g/mol. The number of anilines is 1. The van der Waals surface area contributed by atoms with Crippen LogP contribution in [0.25, 0.3) is 5.65 Å². The van der Waals surface area contributed by atoms with Crippen LogP contribution in [0.4, 0.5) is 5.82 Å². The van der Waals surface area contributed by atoms with Crippen LogP contribution in [0.3, 0.4) is 0 Å². The van der Waals surface area contributed by atoms with E-state index in [1.807, 2.05) is 6.20 Å². The highest BCUT2D eigenvalue weighted by Gasteiger charge is 2.39. The number of rotatable bonds is 3. The zero-order chi connectivity index (χ0) is 17.7. The van der Waals surface area contributed by atoms with Gasteiger partial charge in [0.05, 0.1) is 5.56 Å². The van der Waals surface area contributed by atoms with E-state index in [-0.39, 0.29) is 5.91 Å². The molecule has 26 heavy (non-hydrogen) atoms. The van der Waals surface area contributed by atoms with Gasteiger partial charge in [-0.05, 0) is 32.7 Å². The highest BCUT2D eigenvalue weighted by atomic mass is 16.1. The summed E-state index contributed by atoms with van der Waals surface area (Å²) in [4.78, 5) is 21.9. The summed E-state index contributed by atoms with van der Waals surface area (Å²) in [6, 6.07) is 3.44. The smallest absolute Gasteiger partial charge is 0.254 e. The van der Waals surface area contributed by atoms with Crippen LogP contribution in [0.1, 0.15) is 48.9 Å². The molecule has 7 heteroatoms. The Kier molecular flexibility index (Phi) is 3.85. The second kappa shape index (κ2) is 6.23. The van der Waals surface area contributed by atoms with Crippen LogP contribution in [-0.2, 0) is 0 Å². The van der Waals surface area contributed by atoms with E-state index >= 15 is 0 Å². The molecule has 2 aromatic rings. The van der Waals surface area contributed by atoms with E-state index in [1.165, 1.54) is 25.7 Å². The van der Waals surface area contributed by atoms with Crippen LogP contribution >= 0.6 is 0 Å². The number of nitrogens with zero attached hydrogens (tertiary/aromatic N) is 5. The number of hydrogen-bond acceptors (Lipinski definition) is 5. The van der Waals surface area contributed by atoms with Gasteiger partial charge < -0.3 is 15.1 Å². The molecular formula is C19H26N6O. The zero-order valence-electron chi connectivity index (χ0n) is 15.3. The fraction of sp³-hybridized carbons (Fsp3) is 0.632. The molecule has 1 saturated carbocycles. The molecule has 7 nitrogen and oxygen atoms in total. The molecular weight excluding hydrogens is 328 g/mol. The number of piperazine rings is 1. The third-order valence-corrected chi connectivity index (χ3v) is 6.18. The zero-order valence-corrected chi connectivity index (χ0v) is 15.3. The van der Waals surface area contributed by atoms with Crippen molar-refractivity contribution >= 4 is 17.4 Å². The summed E-state index contributed by atoms with van der Waals surface area (Å²) in [5.74, 6) is 0.953. The maximum Gasteiger partial charge on any atom is 0.254 e. The van der Waals surface area contributed by atoms with E-state index in [1.54, 1.807) is 10.7 Å². The van der Waals surface area contributed by atoms with Gasteiger partial charge in [-0.2, -0.15) is 0 Å². The normalized spacial score (nSPS) is 26.7. The van der Waals surface area contributed by atoms with Crippen LogP contribution in [0, 0.1) is 0 Å². The number of fused-ring (bicyclic) bond motifs is 3. The Labute approximate surface area is 153 Å². The van der Waals surface area contributed by atoms with E-state index < -0.39 is 0 Å². The molecule has 5 rings (SSSR count). The molecule has 3 aliphatic rings. The minimum atomic E-state index is -0.0389. The second-order valence-corrected chi connectivity index (χ2v) is 8.12. The molecule has 0 radical (unpaired) electrons. The summed E-state index contributed by atoms with van der Waals surface area (Å²) >= 11 is 0. The van der Waals surface area contributed by atoms with Crippen molar-refractivity contribution in [3.8, 4) is 0 Å². The molecule has 2 saturated heterocycles. The first-order valence-corrected chi connectivity index (χ1v) is 9.80. The van der Waals surface area contributed by atoms with Crippen molar-refractivity contribution in [2.75, 3.05) is 25.0 Å². The lowest BCUT2D eigenvalue weighted by Crippen LogP contribution is -2.52. The highest BCUT2D eigenvalue weighted by molar-refractivity contribution is 5.94. The molecule has 0 spiro atoms. The molecule has 3 fully saturated rings. The summed E-state index contributed by atoms with van der Waals surface area (Å²) in [6.07, 6.45) is 10.5. The maximum absolute atomic E-state index is 12.5. The average molecular weight is 354 g/mol. The molecule has 2 unspecified atom stereocenters. The predicted octanol–water partition coefficient (Wildman–Crippen LogP) is 1.68. The number of likely N-dealkylation sites (N-methyl/N-ethyl adjacent to an activating group) is 1. The number of aromatic nitrogens is 3. The van der Waals surface area contributed by atoms with Gasteiger partial charge in [-0.25, -0.2) is 9.50 Å². The van der Waals surface area contributed by atoms with Crippen LogP contribution in [-0.4, -0.2) is 63.7 Å². The SMILES string of the molecule is CN1CC2CCC(C1)N2c1cc2ncc(C(=O)NC3CCCC3)cn2n1. The van der Waals surface area contributed by atoms with Crippen LogP contribution in [0.15, 0.2) is 18.5 Å². The van der Waals surface area contributed by atoms with E-state index in [0.717, 1.165) is 37.4 Å². The molecule has 1 amide bonds. The lowest BCUT2D eigenvalue weighted by molar-refractivity contribution is 0.0937. The van der Waals surface area contributed by atoms with Gasteiger partial charge in [0.1, 0.15) is 0 Å². The van der Waals surface area contributed by atoms with Crippen LogP contribution in [0.2, 0.25) is 0 Å². The summed E-state index contributed by atoms with van der Waals surface area (Å²) in [7, 11) is 2.20. The Morgan fingerprint density at radius 2 is 1.88 bits per heavy atom. The number of nitrogens with one attached hydrogen (secondary N) is 1. The molecule has 2 aromatic heterocycles. The van der Waals surface area contributed by atoms with Crippen molar-refractivity contribution in [1.82, 2.24) is 24.8 Å². The summed E-state index contributed by atoms with van der Waals surface area (Å²) < 4.78 is 1.76. The Morgan fingerprint density at radius 1 is 1.15 bits per heavy atom. The van der Waals surface area contributed by atoms with Gasteiger partial charge in [0.2, 0.25) is 0 Å². The number of amides is 1. The summed E-state index contributed by atoms with van der Waals surface area (Å²) in [6.45, 7) is 2.18. The molecule has 2 bridgehead atoms. The van der Waals surface area contributed by atoms with E-state index in [9.17, 15) is 4.79 Å². The third kappa shape index (κ3) is 2.74. The standard InChI is InChI=1S/C19H26N6O/c1-23-11-15-6-7-16(12-23)25(15)18-8-17-20-9-13(10-24(17)22-18)19(26)21-14-4-2-3-5-14/h8-10,14-16H,2-7,11-12H2,1H3,(H,21,26). The first-order chi connectivity index (χ1) is 12.7. The van der Waals surface area contributed by atoms with Crippen molar-refractivity contribution < 1.29 is 4.79 Å². The minimum Gasteiger partial charge on any atom is -0.349 e. The average Bonchev–Trinajstić information content (AvgIpc) is 3.32. The van der Waals surface area contributed by atoms with Crippen molar-refractivity contribution in [2.45, 2.75) is 56.7 Å². The topological polar surface area (TPSA) is 65.8 Å². The summed E-state index contributed by atoms with van der Waals surface area (Å²) in [5, 5.41) is 7.88. The Morgan fingerprint density at radius 3 is 2.62 bits per heavy atom. The predicted molar refractivity (Wildman–Crippen MR) is 99.5 cm³/mol. The van der Waals surface area contributed by atoms with Crippen LogP contribution in [0.5, 0.6) is 0 Å². The Balaban J connectivity index is 1.39. The van der Waals surface area contributed by atoms with Crippen molar-refractivity contribution in [3.63, 3.8) is 0 Å². The first-order valence-electron chi connectivity index (χ1n) is 9.80. The maximum atomic E-state index is 12.5. The molecule has 1 aliphatic carbocycles. The second-order valence-electron chi connectivity index (χ2n) is 8.12. The summed E-state index contributed by atoms with van der Waals surface area (Å²) in [5.41, 5.74) is 1.39. The van der Waals surface area contributed by atoms with Gasteiger partial charge in [-0.15, -0.1) is 5.10 Å². The lowest BCUT2D eigenvalue weighted by atomic mass is 10.2. The van der Waals surface area contributed by atoms with Gasteiger partial charge in [-0.1, -0.05) is 12.8 Å². The quantitative estimate of drug-likeness (QED) is 0.909. The lowest BCUT2D eigenvalue weighted by Gasteiger charge is -2.39. The number of carbonyl (C=O) groups is 1. The van der Waals surface area contributed by atoms with Crippen molar-refractivity contribution in [3.05, 3.63) is 24.0 Å². The van der Waals surface area contributed by atoms with Crippen molar-refractivity contribution in [1.29, 1.82) is 0 Å². The van der Waals surface area contributed by atoms with E-state index in [2.05, 4.69) is 33.2 Å². The minimum absolute atomic E-state index is 0.0389. The van der Waals surface area contributed by atoms with Crippen LogP contribution < -0.4 is 10.2 Å².